The van der Waals surface area contributed by atoms with Gasteiger partial charge in [0.25, 0.3) is 0 Å². The molecule has 124 valence electrons. The molecule has 23 heavy (non-hydrogen) atoms. The van der Waals surface area contributed by atoms with Gasteiger partial charge in [0, 0.05) is 12.1 Å². The Morgan fingerprint density at radius 1 is 1.35 bits per heavy atom. The van der Waals surface area contributed by atoms with Gasteiger partial charge in [-0.1, -0.05) is 12.1 Å². The quantitative estimate of drug-likeness (QED) is 0.849. The fraction of sp³-hybridized carbons (Fsp3) is 0.529. The summed E-state index contributed by atoms with van der Waals surface area (Å²) in [6.45, 7) is 6.66. The molecule has 0 saturated carbocycles. The van der Waals surface area contributed by atoms with Gasteiger partial charge in [0.05, 0.1) is 13.1 Å². The maximum atomic E-state index is 12.1. The van der Waals surface area contributed by atoms with E-state index in [0.717, 1.165) is 17.1 Å². The smallest absolute Gasteiger partial charge is 0.410 e. The monoisotopic (exact) mass is 317 g/mol. The molecule has 0 bridgehead atoms. The van der Waals surface area contributed by atoms with Gasteiger partial charge < -0.3 is 20.1 Å². The van der Waals surface area contributed by atoms with E-state index >= 15 is 0 Å². The lowest BCUT2D eigenvalue weighted by Gasteiger charge is -2.24. The lowest BCUT2D eigenvalue weighted by Crippen LogP contribution is -2.36. The predicted molar refractivity (Wildman–Crippen MR) is 88.5 cm³/mol. The summed E-state index contributed by atoms with van der Waals surface area (Å²) in [5.74, 6) is 0.730. The van der Waals surface area contributed by atoms with E-state index in [4.69, 9.17) is 15.2 Å². The first kappa shape index (κ1) is 15.6. The van der Waals surface area contributed by atoms with Crippen LogP contribution < -0.4 is 5.73 Å². The van der Waals surface area contributed by atoms with Crippen molar-refractivity contribution >= 4 is 17.7 Å². The SMILES string of the molecule is CC(C)(C)OC(=O)N1CC2N=C(Cc3ccc(N)cc3)OC2C1. The van der Waals surface area contributed by atoms with E-state index in [9.17, 15) is 4.79 Å². The molecule has 2 heterocycles. The molecule has 1 amide bonds. The van der Waals surface area contributed by atoms with Crippen LogP contribution >= 0.6 is 0 Å². The Morgan fingerprint density at radius 2 is 2.04 bits per heavy atom. The van der Waals surface area contributed by atoms with Crippen LogP contribution in [0.5, 0.6) is 0 Å². The van der Waals surface area contributed by atoms with Crippen LogP contribution in [0.4, 0.5) is 10.5 Å². The number of benzene rings is 1. The van der Waals surface area contributed by atoms with E-state index in [1.165, 1.54) is 0 Å². The minimum Gasteiger partial charge on any atom is -0.473 e. The molecule has 6 heteroatoms. The summed E-state index contributed by atoms with van der Waals surface area (Å²) in [4.78, 5) is 18.4. The number of anilines is 1. The highest BCUT2D eigenvalue weighted by molar-refractivity contribution is 5.81. The topological polar surface area (TPSA) is 77.2 Å². The zero-order valence-corrected chi connectivity index (χ0v) is 13.8. The number of hydrogen-bond donors (Lipinski definition) is 1. The summed E-state index contributed by atoms with van der Waals surface area (Å²) < 4.78 is 11.3. The van der Waals surface area contributed by atoms with Crippen LogP contribution in [0.3, 0.4) is 0 Å². The first-order valence-electron chi connectivity index (χ1n) is 7.86. The Balaban J connectivity index is 1.57. The minimum absolute atomic E-state index is 0.00583. The molecule has 3 rings (SSSR count). The summed E-state index contributed by atoms with van der Waals surface area (Å²) in [5.41, 5.74) is 7.06. The third kappa shape index (κ3) is 3.75. The van der Waals surface area contributed by atoms with Crippen molar-refractivity contribution in [2.75, 3.05) is 18.8 Å². The van der Waals surface area contributed by atoms with Crippen molar-refractivity contribution in [2.24, 2.45) is 4.99 Å². The first-order valence-corrected chi connectivity index (χ1v) is 7.86. The van der Waals surface area contributed by atoms with Crippen molar-refractivity contribution in [1.82, 2.24) is 4.90 Å². The Labute approximate surface area is 136 Å². The van der Waals surface area contributed by atoms with E-state index in [1.807, 2.05) is 45.0 Å². The summed E-state index contributed by atoms with van der Waals surface area (Å²) in [7, 11) is 0. The molecule has 2 aliphatic heterocycles. The second-order valence-corrected chi connectivity index (χ2v) is 7.05. The summed E-state index contributed by atoms with van der Waals surface area (Å²) in [6.07, 6.45) is 0.289. The van der Waals surface area contributed by atoms with Crippen LogP contribution in [0.25, 0.3) is 0 Å². The third-order valence-corrected chi connectivity index (χ3v) is 3.82. The minimum atomic E-state index is -0.487. The second kappa shape index (κ2) is 5.76. The molecule has 0 radical (unpaired) electrons. The van der Waals surface area contributed by atoms with Crippen molar-refractivity contribution in [3.05, 3.63) is 29.8 Å². The van der Waals surface area contributed by atoms with E-state index in [0.29, 0.717) is 19.5 Å². The van der Waals surface area contributed by atoms with Gasteiger partial charge in [-0.2, -0.15) is 0 Å². The number of ether oxygens (including phenoxy) is 2. The van der Waals surface area contributed by atoms with Gasteiger partial charge in [0.1, 0.15) is 17.7 Å². The first-order chi connectivity index (χ1) is 10.8. The highest BCUT2D eigenvalue weighted by Gasteiger charge is 2.42. The number of carbonyl (C=O) groups excluding carboxylic acids is 1. The number of amides is 1. The number of carbonyl (C=O) groups is 1. The largest absolute Gasteiger partial charge is 0.473 e. The molecule has 2 unspecified atom stereocenters. The zero-order chi connectivity index (χ0) is 16.6. The van der Waals surface area contributed by atoms with Crippen molar-refractivity contribution < 1.29 is 14.3 Å². The van der Waals surface area contributed by atoms with Crippen LogP contribution in [0.1, 0.15) is 26.3 Å². The molecule has 0 aromatic heterocycles. The molecule has 2 atom stereocenters. The van der Waals surface area contributed by atoms with Crippen molar-refractivity contribution in [3.8, 4) is 0 Å². The summed E-state index contributed by atoms with van der Waals surface area (Å²) in [6, 6.07) is 7.70. The van der Waals surface area contributed by atoms with Crippen molar-refractivity contribution in [3.63, 3.8) is 0 Å². The van der Waals surface area contributed by atoms with Gasteiger partial charge in [-0.25, -0.2) is 9.79 Å². The van der Waals surface area contributed by atoms with E-state index in [-0.39, 0.29) is 18.2 Å². The standard InChI is InChI=1S/C17H23N3O3/c1-17(2,3)23-16(21)20-9-13-14(10-20)22-15(19-13)8-11-4-6-12(18)7-5-11/h4-7,13-14H,8-10,18H2,1-3H3. The Hall–Kier alpha value is -2.24. The summed E-state index contributed by atoms with van der Waals surface area (Å²) in [5, 5.41) is 0. The lowest BCUT2D eigenvalue weighted by molar-refractivity contribution is 0.0271. The number of hydrogen-bond acceptors (Lipinski definition) is 5. The zero-order valence-electron chi connectivity index (χ0n) is 13.8. The van der Waals surface area contributed by atoms with Crippen LogP contribution in [0, 0.1) is 0 Å². The maximum absolute atomic E-state index is 12.1. The fourth-order valence-corrected chi connectivity index (χ4v) is 2.76. The molecular weight excluding hydrogens is 294 g/mol. The van der Waals surface area contributed by atoms with Gasteiger partial charge in [0.15, 0.2) is 5.90 Å². The van der Waals surface area contributed by atoms with Gasteiger partial charge >= 0.3 is 6.09 Å². The average Bonchev–Trinajstić information content (AvgIpc) is 2.97. The van der Waals surface area contributed by atoms with Gasteiger partial charge in [-0.3, -0.25) is 0 Å². The number of fused-ring (bicyclic) bond motifs is 1. The van der Waals surface area contributed by atoms with Crippen LogP contribution in [0.2, 0.25) is 0 Å². The van der Waals surface area contributed by atoms with E-state index in [1.54, 1.807) is 4.90 Å². The molecule has 2 aliphatic rings. The number of nitrogens with two attached hydrogens (primary N) is 1. The van der Waals surface area contributed by atoms with Crippen molar-refractivity contribution in [1.29, 1.82) is 0 Å². The van der Waals surface area contributed by atoms with Crippen LogP contribution in [-0.4, -0.2) is 47.7 Å². The Bertz CT molecular complexity index is 619. The molecule has 1 saturated heterocycles. The average molecular weight is 317 g/mol. The van der Waals surface area contributed by atoms with Gasteiger partial charge in [0.2, 0.25) is 0 Å². The van der Waals surface area contributed by atoms with Crippen LogP contribution in [-0.2, 0) is 15.9 Å². The fourth-order valence-electron chi connectivity index (χ4n) is 2.76. The summed E-state index contributed by atoms with van der Waals surface area (Å²) >= 11 is 0. The van der Waals surface area contributed by atoms with Crippen molar-refractivity contribution in [2.45, 2.75) is 44.9 Å². The molecular formula is C17H23N3O3. The number of nitrogens with zero attached hydrogens (tertiary/aromatic N) is 2. The molecule has 6 nitrogen and oxygen atoms in total. The third-order valence-electron chi connectivity index (χ3n) is 3.82. The number of rotatable bonds is 2. The highest BCUT2D eigenvalue weighted by atomic mass is 16.6. The maximum Gasteiger partial charge on any atom is 0.410 e. The van der Waals surface area contributed by atoms with Crippen LogP contribution in [0.15, 0.2) is 29.3 Å². The normalized spacial score (nSPS) is 23.3. The molecule has 1 aromatic rings. The van der Waals surface area contributed by atoms with Gasteiger partial charge in [-0.05, 0) is 38.5 Å². The number of aliphatic imine (C=N–C) groups is 1. The Kier molecular flexibility index (Phi) is 3.92. The molecule has 1 aromatic carbocycles. The number of nitrogen functional groups attached to an aromatic ring is 1. The second-order valence-electron chi connectivity index (χ2n) is 7.05. The van der Waals surface area contributed by atoms with E-state index in [2.05, 4.69) is 4.99 Å². The molecule has 1 fully saturated rings. The molecule has 0 aliphatic carbocycles. The lowest BCUT2D eigenvalue weighted by atomic mass is 10.1. The number of likely N-dealkylation sites (tertiary alicyclic amines) is 1. The van der Waals surface area contributed by atoms with Gasteiger partial charge in [-0.15, -0.1) is 0 Å². The highest BCUT2D eigenvalue weighted by Crippen LogP contribution is 2.25. The predicted octanol–water partition coefficient (Wildman–Crippen LogP) is 2.23. The molecule has 0 spiro atoms. The van der Waals surface area contributed by atoms with E-state index < -0.39 is 5.60 Å². The Morgan fingerprint density at radius 3 is 2.65 bits per heavy atom. The molecule has 2 N–H and O–H groups in total.